The lowest BCUT2D eigenvalue weighted by atomic mass is 10.2. The third-order valence-corrected chi connectivity index (χ3v) is 5.45. The lowest BCUT2D eigenvalue weighted by Crippen LogP contribution is -2.13. The summed E-state index contributed by atoms with van der Waals surface area (Å²) < 4.78 is 26.4. The molecular formula is C17H17NO2S. The van der Waals surface area contributed by atoms with Crippen LogP contribution in [-0.2, 0) is 10.0 Å². The van der Waals surface area contributed by atoms with E-state index in [1.807, 2.05) is 61.5 Å². The summed E-state index contributed by atoms with van der Waals surface area (Å²) in [7, 11) is -3.35. The van der Waals surface area contributed by atoms with Gasteiger partial charge in [-0.3, -0.25) is 0 Å². The molecule has 2 unspecified atom stereocenters. The van der Waals surface area contributed by atoms with Gasteiger partial charge in [0.05, 0.1) is 10.9 Å². The third-order valence-electron chi connectivity index (χ3n) is 3.54. The van der Waals surface area contributed by atoms with E-state index < -0.39 is 10.0 Å². The number of hydrogen-bond donors (Lipinski definition) is 0. The predicted molar refractivity (Wildman–Crippen MR) is 84.3 cm³/mol. The number of hydrogen-bond acceptors (Lipinski definition) is 2. The molecule has 1 aliphatic rings. The fourth-order valence-electron chi connectivity index (χ4n) is 2.20. The van der Waals surface area contributed by atoms with Crippen LogP contribution in [-0.4, -0.2) is 25.3 Å². The van der Waals surface area contributed by atoms with Gasteiger partial charge in [0.15, 0.2) is 0 Å². The van der Waals surface area contributed by atoms with Gasteiger partial charge in [0.25, 0.3) is 0 Å². The minimum absolute atomic E-state index is 0.0310. The quantitative estimate of drug-likeness (QED) is 0.814. The van der Waals surface area contributed by atoms with Crippen molar-refractivity contribution < 1.29 is 8.42 Å². The van der Waals surface area contributed by atoms with E-state index in [4.69, 9.17) is 0 Å². The summed E-state index contributed by atoms with van der Waals surface area (Å²) in [4.78, 5) is 0.365. The summed E-state index contributed by atoms with van der Waals surface area (Å²) in [5.74, 6) is 0. The summed E-state index contributed by atoms with van der Waals surface area (Å²) in [6.07, 6.45) is 3.91. The minimum Gasteiger partial charge on any atom is -0.207 e. The van der Waals surface area contributed by atoms with Crippen molar-refractivity contribution in [2.45, 2.75) is 17.9 Å². The number of aryl methyl sites for hydroxylation is 1. The maximum atomic E-state index is 12.4. The standard InChI is InChI=1S/C17H17NO2S/c1-14-7-11-17(12-8-14)21(19,20)18-13-16(18)10-9-15-5-3-2-4-6-15/h2-12,16H,13H2,1H3. The van der Waals surface area contributed by atoms with Crippen molar-refractivity contribution in [3.8, 4) is 0 Å². The molecule has 108 valence electrons. The molecule has 1 saturated heterocycles. The fourth-order valence-corrected chi connectivity index (χ4v) is 3.73. The van der Waals surface area contributed by atoms with E-state index >= 15 is 0 Å². The van der Waals surface area contributed by atoms with Crippen molar-refractivity contribution in [3.05, 3.63) is 71.8 Å². The van der Waals surface area contributed by atoms with Gasteiger partial charge in [0.2, 0.25) is 10.0 Å². The SMILES string of the molecule is Cc1ccc(S(=O)(=O)N2CC2C=Cc2ccccc2)cc1. The molecule has 3 nitrogen and oxygen atoms in total. The van der Waals surface area contributed by atoms with Crippen LogP contribution in [0.3, 0.4) is 0 Å². The Morgan fingerprint density at radius 2 is 1.71 bits per heavy atom. The zero-order valence-corrected chi connectivity index (χ0v) is 12.6. The fraction of sp³-hybridized carbons (Fsp3) is 0.176. The molecule has 4 heteroatoms. The first kappa shape index (κ1) is 14.0. The van der Waals surface area contributed by atoms with Crippen molar-refractivity contribution in [2.24, 2.45) is 0 Å². The van der Waals surface area contributed by atoms with Gasteiger partial charge in [-0.1, -0.05) is 60.2 Å². The molecule has 21 heavy (non-hydrogen) atoms. The highest BCUT2D eigenvalue weighted by Gasteiger charge is 2.42. The van der Waals surface area contributed by atoms with Crippen LogP contribution in [0.4, 0.5) is 0 Å². The van der Waals surface area contributed by atoms with Crippen LogP contribution in [0.25, 0.3) is 6.08 Å². The number of benzene rings is 2. The highest BCUT2D eigenvalue weighted by molar-refractivity contribution is 7.89. The van der Waals surface area contributed by atoms with E-state index in [1.165, 1.54) is 4.31 Å². The van der Waals surface area contributed by atoms with Gasteiger partial charge >= 0.3 is 0 Å². The minimum atomic E-state index is -3.35. The van der Waals surface area contributed by atoms with E-state index in [1.54, 1.807) is 12.1 Å². The van der Waals surface area contributed by atoms with Crippen LogP contribution in [0.15, 0.2) is 65.6 Å². The molecule has 1 heterocycles. The Morgan fingerprint density at radius 1 is 1.05 bits per heavy atom. The topological polar surface area (TPSA) is 37.1 Å². The monoisotopic (exact) mass is 299 g/mol. The average molecular weight is 299 g/mol. The highest BCUT2D eigenvalue weighted by atomic mass is 32.2. The van der Waals surface area contributed by atoms with Gasteiger partial charge < -0.3 is 0 Å². The first-order chi connectivity index (χ1) is 10.1. The molecule has 0 aliphatic carbocycles. The Bertz CT molecular complexity index is 749. The zero-order valence-electron chi connectivity index (χ0n) is 11.8. The molecule has 3 rings (SSSR count). The summed E-state index contributed by atoms with van der Waals surface area (Å²) >= 11 is 0. The Hall–Kier alpha value is -1.91. The molecule has 0 aromatic heterocycles. The summed E-state index contributed by atoms with van der Waals surface area (Å²) in [6.45, 7) is 2.50. The highest BCUT2D eigenvalue weighted by Crippen LogP contribution is 2.29. The molecule has 0 N–H and O–H groups in total. The summed E-state index contributed by atoms with van der Waals surface area (Å²) in [5.41, 5.74) is 2.14. The van der Waals surface area contributed by atoms with Gasteiger partial charge in [0, 0.05) is 6.54 Å². The van der Waals surface area contributed by atoms with Crippen LogP contribution in [0.5, 0.6) is 0 Å². The van der Waals surface area contributed by atoms with Gasteiger partial charge in [-0.15, -0.1) is 0 Å². The van der Waals surface area contributed by atoms with E-state index in [0.29, 0.717) is 11.4 Å². The van der Waals surface area contributed by atoms with Crippen LogP contribution < -0.4 is 0 Å². The second-order valence-electron chi connectivity index (χ2n) is 5.22. The largest absolute Gasteiger partial charge is 0.243 e. The normalized spacial score (nSPS) is 21.6. The molecule has 1 fully saturated rings. The van der Waals surface area contributed by atoms with E-state index in [0.717, 1.165) is 11.1 Å². The maximum Gasteiger partial charge on any atom is 0.243 e. The molecule has 0 amide bonds. The van der Waals surface area contributed by atoms with Crippen LogP contribution in [0, 0.1) is 6.92 Å². The van der Waals surface area contributed by atoms with Crippen LogP contribution in [0.2, 0.25) is 0 Å². The Labute approximate surface area is 125 Å². The van der Waals surface area contributed by atoms with Crippen molar-refractivity contribution in [1.82, 2.24) is 4.31 Å². The molecule has 0 spiro atoms. The Morgan fingerprint density at radius 3 is 2.38 bits per heavy atom. The number of sulfonamides is 1. The second-order valence-corrected chi connectivity index (χ2v) is 7.12. The van der Waals surface area contributed by atoms with Gasteiger partial charge in [-0.25, -0.2) is 8.42 Å². The molecule has 0 saturated carbocycles. The molecule has 1 aliphatic heterocycles. The average Bonchev–Trinajstić information content (AvgIpc) is 3.27. The summed E-state index contributed by atoms with van der Waals surface area (Å²) in [6, 6.07) is 16.8. The first-order valence-electron chi connectivity index (χ1n) is 6.89. The van der Waals surface area contributed by atoms with Gasteiger partial charge in [-0.05, 0) is 24.6 Å². The third kappa shape index (κ3) is 3.06. The molecule has 2 atom stereocenters. The smallest absolute Gasteiger partial charge is 0.207 e. The lowest BCUT2D eigenvalue weighted by molar-refractivity contribution is 0.558. The predicted octanol–water partition coefficient (Wildman–Crippen LogP) is 3.08. The van der Waals surface area contributed by atoms with Crippen molar-refractivity contribution >= 4 is 16.1 Å². The van der Waals surface area contributed by atoms with Gasteiger partial charge in [0.1, 0.15) is 0 Å². The van der Waals surface area contributed by atoms with E-state index in [2.05, 4.69) is 0 Å². The van der Waals surface area contributed by atoms with Crippen LogP contribution >= 0.6 is 0 Å². The molecule has 0 radical (unpaired) electrons. The maximum absolute atomic E-state index is 12.4. The molecule has 2 aromatic rings. The van der Waals surface area contributed by atoms with Crippen molar-refractivity contribution in [2.75, 3.05) is 6.54 Å². The van der Waals surface area contributed by atoms with E-state index in [-0.39, 0.29) is 6.04 Å². The number of rotatable bonds is 4. The molecule has 2 aromatic carbocycles. The zero-order chi connectivity index (χ0) is 14.9. The van der Waals surface area contributed by atoms with Crippen molar-refractivity contribution in [3.63, 3.8) is 0 Å². The van der Waals surface area contributed by atoms with Crippen LogP contribution in [0.1, 0.15) is 11.1 Å². The number of nitrogens with zero attached hydrogens (tertiary/aromatic N) is 1. The first-order valence-corrected chi connectivity index (χ1v) is 8.33. The van der Waals surface area contributed by atoms with E-state index in [9.17, 15) is 8.42 Å². The lowest BCUT2D eigenvalue weighted by Gasteiger charge is -2.05. The molecule has 0 bridgehead atoms. The molecular weight excluding hydrogens is 282 g/mol. The summed E-state index contributed by atoms with van der Waals surface area (Å²) in [5, 5.41) is 0. The Kier molecular flexibility index (Phi) is 3.66. The Balaban J connectivity index is 1.72. The van der Waals surface area contributed by atoms with Gasteiger partial charge in [-0.2, -0.15) is 4.31 Å². The second kappa shape index (κ2) is 5.47. The van der Waals surface area contributed by atoms with Crippen molar-refractivity contribution in [1.29, 1.82) is 0 Å².